The number of Topliss-reactive ketones (excluding diaryl/α,β-unsaturated/α-hetero) is 1. The molecule has 92 valence electrons. The molecule has 2 rings (SSSR count). The number of carbonyl (C=O) groups is 1. The van der Waals surface area contributed by atoms with Crippen LogP contribution in [0.25, 0.3) is 0 Å². The Morgan fingerprint density at radius 3 is 3.00 bits per heavy atom. The fourth-order valence-corrected chi connectivity index (χ4v) is 2.39. The Kier molecular flexibility index (Phi) is 3.79. The Morgan fingerprint density at radius 1 is 1.47 bits per heavy atom. The predicted octanol–water partition coefficient (Wildman–Crippen LogP) is 2.19. The van der Waals surface area contributed by atoms with Gasteiger partial charge in [-0.15, -0.1) is 0 Å². The molecule has 1 heterocycles. The van der Waals surface area contributed by atoms with Crippen LogP contribution in [0.5, 0.6) is 5.75 Å². The Labute approximate surface area is 102 Å². The van der Waals surface area contributed by atoms with Gasteiger partial charge in [0.05, 0.1) is 0 Å². The van der Waals surface area contributed by atoms with Gasteiger partial charge in [0.25, 0.3) is 0 Å². The largest absolute Gasteiger partial charge is 0.508 e. The number of likely N-dealkylation sites (tertiary alicyclic amines) is 1. The summed E-state index contributed by atoms with van der Waals surface area (Å²) in [5.74, 6) is 0.906. The van der Waals surface area contributed by atoms with E-state index in [-0.39, 0.29) is 5.92 Å². The van der Waals surface area contributed by atoms with E-state index in [0.29, 0.717) is 18.0 Å². The SMILES string of the molecule is CCC1CN(Cc2cccc(O)c2)CCC1=O. The topological polar surface area (TPSA) is 40.5 Å². The van der Waals surface area contributed by atoms with Crippen molar-refractivity contribution in [1.82, 2.24) is 4.90 Å². The van der Waals surface area contributed by atoms with Crippen molar-refractivity contribution in [3.8, 4) is 5.75 Å². The predicted molar refractivity (Wildman–Crippen MR) is 66.8 cm³/mol. The molecule has 3 heteroatoms. The summed E-state index contributed by atoms with van der Waals surface area (Å²) < 4.78 is 0. The second-order valence-electron chi connectivity index (χ2n) is 4.73. The second kappa shape index (κ2) is 5.32. The van der Waals surface area contributed by atoms with Crippen molar-refractivity contribution in [3.05, 3.63) is 29.8 Å². The minimum absolute atomic E-state index is 0.195. The molecule has 0 radical (unpaired) electrons. The molecule has 1 aromatic carbocycles. The molecule has 1 unspecified atom stereocenters. The lowest BCUT2D eigenvalue weighted by molar-refractivity contribution is -0.126. The first kappa shape index (κ1) is 12.1. The number of benzene rings is 1. The van der Waals surface area contributed by atoms with Gasteiger partial charge in [0, 0.05) is 32.0 Å². The molecule has 0 aliphatic carbocycles. The van der Waals surface area contributed by atoms with E-state index in [1.807, 2.05) is 12.1 Å². The van der Waals surface area contributed by atoms with E-state index in [2.05, 4.69) is 11.8 Å². The molecular formula is C14H19NO2. The van der Waals surface area contributed by atoms with E-state index in [4.69, 9.17) is 0 Å². The van der Waals surface area contributed by atoms with Gasteiger partial charge in [0.15, 0.2) is 0 Å². The summed E-state index contributed by atoms with van der Waals surface area (Å²) in [7, 11) is 0. The molecule has 1 fully saturated rings. The monoisotopic (exact) mass is 233 g/mol. The average molecular weight is 233 g/mol. The third-order valence-electron chi connectivity index (χ3n) is 3.42. The van der Waals surface area contributed by atoms with Crippen LogP contribution in [0, 0.1) is 5.92 Å². The Balaban J connectivity index is 1.98. The van der Waals surface area contributed by atoms with Crippen molar-refractivity contribution in [3.63, 3.8) is 0 Å². The molecule has 1 atom stereocenters. The van der Waals surface area contributed by atoms with Crippen LogP contribution in [-0.4, -0.2) is 28.9 Å². The lowest BCUT2D eigenvalue weighted by Crippen LogP contribution is -2.40. The van der Waals surface area contributed by atoms with Gasteiger partial charge in [-0.2, -0.15) is 0 Å². The number of phenols is 1. The maximum atomic E-state index is 11.6. The molecule has 1 aliphatic rings. The molecule has 0 aromatic heterocycles. The highest BCUT2D eigenvalue weighted by atomic mass is 16.3. The Hall–Kier alpha value is -1.35. The van der Waals surface area contributed by atoms with Crippen LogP contribution in [0.1, 0.15) is 25.3 Å². The van der Waals surface area contributed by atoms with Gasteiger partial charge in [0.1, 0.15) is 11.5 Å². The zero-order valence-electron chi connectivity index (χ0n) is 10.2. The van der Waals surface area contributed by atoms with Gasteiger partial charge < -0.3 is 5.11 Å². The molecule has 1 N–H and O–H groups in total. The summed E-state index contributed by atoms with van der Waals surface area (Å²) in [5, 5.41) is 9.41. The maximum absolute atomic E-state index is 11.6. The quantitative estimate of drug-likeness (QED) is 0.870. The lowest BCUT2D eigenvalue weighted by atomic mass is 9.94. The lowest BCUT2D eigenvalue weighted by Gasteiger charge is -2.31. The van der Waals surface area contributed by atoms with Crippen molar-refractivity contribution < 1.29 is 9.90 Å². The van der Waals surface area contributed by atoms with E-state index >= 15 is 0 Å². The third kappa shape index (κ3) is 3.07. The minimum atomic E-state index is 0.195. The number of phenolic OH excluding ortho intramolecular Hbond substituents is 1. The summed E-state index contributed by atoms with van der Waals surface area (Å²) in [6, 6.07) is 7.34. The number of hydrogen-bond donors (Lipinski definition) is 1. The fourth-order valence-electron chi connectivity index (χ4n) is 2.39. The van der Waals surface area contributed by atoms with E-state index in [1.54, 1.807) is 12.1 Å². The number of carbonyl (C=O) groups excluding carboxylic acids is 1. The third-order valence-corrected chi connectivity index (χ3v) is 3.42. The van der Waals surface area contributed by atoms with Crippen LogP contribution in [0.2, 0.25) is 0 Å². The smallest absolute Gasteiger partial charge is 0.138 e. The van der Waals surface area contributed by atoms with E-state index in [0.717, 1.165) is 31.6 Å². The summed E-state index contributed by atoms with van der Waals surface area (Å²) in [6.45, 7) is 4.58. The first-order valence-corrected chi connectivity index (χ1v) is 6.22. The van der Waals surface area contributed by atoms with Crippen LogP contribution in [0.4, 0.5) is 0 Å². The zero-order valence-corrected chi connectivity index (χ0v) is 10.2. The fraction of sp³-hybridized carbons (Fsp3) is 0.500. The Morgan fingerprint density at radius 2 is 2.29 bits per heavy atom. The normalized spacial score (nSPS) is 21.7. The average Bonchev–Trinajstić information content (AvgIpc) is 2.32. The molecule has 0 saturated carbocycles. The molecule has 1 aliphatic heterocycles. The molecule has 1 aromatic rings. The van der Waals surface area contributed by atoms with E-state index < -0.39 is 0 Å². The van der Waals surface area contributed by atoms with Gasteiger partial charge in [0.2, 0.25) is 0 Å². The molecule has 0 bridgehead atoms. The summed E-state index contributed by atoms with van der Waals surface area (Å²) in [5.41, 5.74) is 1.11. The number of aromatic hydroxyl groups is 1. The molecule has 0 spiro atoms. The van der Waals surface area contributed by atoms with Gasteiger partial charge >= 0.3 is 0 Å². The summed E-state index contributed by atoms with van der Waals surface area (Å²) in [4.78, 5) is 13.9. The maximum Gasteiger partial charge on any atom is 0.138 e. The van der Waals surface area contributed by atoms with Crippen molar-refractivity contribution in [2.75, 3.05) is 13.1 Å². The Bertz CT molecular complexity index is 403. The number of piperidine rings is 1. The summed E-state index contributed by atoms with van der Waals surface area (Å²) in [6.07, 6.45) is 1.59. The van der Waals surface area contributed by atoms with Gasteiger partial charge in [-0.25, -0.2) is 0 Å². The molecule has 3 nitrogen and oxygen atoms in total. The molecule has 0 amide bonds. The van der Waals surface area contributed by atoms with Gasteiger partial charge in [-0.05, 0) is 24.1 Å². The summed E-state index contributed by atoms with van der Waals surface area (Å²) >= 11 is 0. The van der Waals surface area contributed by atoms with Gasteiger partial charge in [-0.3, -0.25) is 9.69 Å². The van der Waals surface area contributed by atoms with Gasteiger partial charge in [-0.1, -0.05) is 19.1 Å². The van der Waals surface area contributed by atoms with Crippen LogP contribution in [-0.2, 0) is 11.3 Å². The minimum Gasteiger partial charge on any atom is -0.508 e. The zero-order chi connectivity index (χ0) is 12.3. The standard InChI is InChI=1S/C14H19NO2/c1-2-12-10-15(7-6-14(12)17)9-11-4-3-5-13(16)8-11/h3-5,8,12,16H,2,6-7,9-10H2,1H3. The van der Waals surface area contributed by atoms with Crippen molar-refractivity contribution in [1.29, 1.82) is 0 Å². The number of ketones is 1. The first-order valence-electron chi connectivity index (χ1n) is 6.22. The van der Waals surface area contributed by atoms with Crippen molar-refractivity contribution >= 4 is 5.78 Å². The number of nitrogens with zero attached hydrogens (tertiary/aromatic N) is 1. The highest BCUT2D eigenvalue weighted by molar-refractivity contribution is 5.82. The molecule has 1 saturated heterocycles. The van der Waals surface area contributed by atoms with Crippen LogP contribution >= 0.6 is 0 Å². The van der Waals surface area contributed by atoms with Crippen LogP contribution < -0.4 is 0 Å². The van der Waals surface area contributed by atoms with Crippen LogP contribution in [0.15, 0.2) is 24.3 Å². The number of rotatable bonds is 3. The first-order chi connectivity index (χ1) is 8.19. The highest BCUT2D eigenvalue weighted by Gasteiger charge is 2.25. The highest BCUT2D eigenvalue weighted by Crippen LogP contribution is 2.19. The van der Waals surface area contributed by atoms with Crippen molar-refractivity contribution in [2.24, 2.45) is 5.92 Å². The molecular weight excluding hydrogens is 214 g/mol. The molecule has 17 heavy (non-hydrogen) atoms. The van der Waals surface area contributed by atoms with Crippen LogP contribution in [0.3, 0.4) is 0 Å². The second-order valence-corrected chi connectivity index (χ2v) is 4.73. The van der Waals surface area contributed by atoms with E-state index in [1.165, 1.54) is 0 Å². The van der Waals surface area contributed by atoms with Crippen molar-refractivity contribution in [2.45, 2.75) is 26.3 Å². The van der Waals surface area contributed by atoms with E-state index in [9.17, 15) is 9.90 Å². The number of hydrogen-bond acceptors (Lipinski definition) is 3.